The number of carbonyl (C=O) groups is 1. The molecule has 31 heavy (non-hydrogen) atoms. The molecule has 1 amide bonds. The summed E-state index contributed by atoms with van der Waals surface area (Å²) < 4.78 is 2.00. The van der Waals surface area contributed by atoms with Gasteiger partial charge in [0.25, 0.3) is 5.56 Å². The largest absolute Gasteiger partial charge is 0.326 e. The van der Waals surface area contributed by atoms with Crippen molar-refractivity contribution in [2.45, 2.75) is 26.7 Å². The van der Waals surface area contributed by atoms with Gasteiger partial charge in [-0.05, 0) is 67.8 Å². The Morgan fingerprint density at radius 2 is 1.90 bits per heavy atom. The van der Waals surface area contributed by atoms with E-state index in [4.69, 9.17) is 0 Å². The molecule has 2 aromatic carbocycles. The molecule has 4 aromatic rings. The molecule has 0 bridgehead atoms. The number of aromatic amines is 1. The number of nitrogens with zero attached hydrogens (tertiary/aromatic N) is 3. The van der Waals surface area contributed by atoms with E-state index in [9.17, 15) is 14.9 Å². The van der Waals surface area contributed by atoms with Crippen molar-refractivity contribution >= 4 is 22.6 Å². The Morgan fingerprint density at radius 1 is 1.16 bits per heavy atom. The molecule has 0 atom stereocenters. The van der Waals surface area contributed by atoms with Crippen LogP contribution in [0.4, 0.5) is 5.69 Å². The molecular weight excluding hydrogens is 390 g/mol. The molecule has 0 fully saturated rings. The zero-order valence-electron chi connectivity index (χ0n) is 17.3. The summed E-state index contributed by atoms with van der Waals surface area (Å²) in [7, 11) is 0. The second-order valence-corrected chi connectivity index (χ2v) is 7.37. The van der Waals surface area contributed by atoms with E-state index in [1.807, 2.05) is 59.2 Å². The Balaban J connectivity index is 1.44. The van der Waals surface area contributed by atoms with E-state index in [1.54, 1.807) is 20.2 Å². The second-order valence-electron chi connectivity index (χ2n) is 7.37. The fourth-order valence-corrected chi connectivity index (χ4v) is 3.75. The van der Waals surface area contributed by atoms with Crippen LogP contribution in [0.3, 0.4) is 0 Å². The van der Waals surface area contributed by atoms with Gasteiger partial charge in [0.15, 0.2) is 0 Å². The van der Waals surface area contributed by atoms with E-state index in [0.717, 1.165) is 22.3 Å². The molecule has 0 aliphatic carbocycles. The number of hydrogen-bond donors (Lipinski definition) is 2. The van der Waals surface area contributed by atoms with Crippen molar-refractivity contribution in [3.05, 3.63) is 87.6 Å². The van der Waals surface area contributed by atoms with E-state index >= 15 is 0 Å². The highest BCUT2D eigenvalue weighted by Gasteiger charge is 2.13. The third kappa shape index (κ3) is 3.96. The first-order valence-electron chi connectivity index (χ1n) is 9.92. The lowest BCUT2D eigenvalue weighted by molar-refractivity contribution is -0.116. The van der Waals surface area contributed by atoms with Gasteiger partial charge < -0.3 is 10.3 Å². The maximum absolute atomic E-state index is 12.5. The Bertz CT molecular complexity index is 1370. The number of anilines is 1. The zero-order chi connectivity index (χ0) is 22.0. The van der Waals surface area contributed by atoms with Crippen molar-refractivity contribution in [3.63, 3.8) is 0 Å². The molecule has 2 heterocycles. The van der Waals surface area contributed by atoms with Crippen molar-refractivity contribution in [3.8, 4) is 11.8 Å². The minimum absolute atomic E-state index is 0.101. The van der Waals surface area contributed by atoms with Crippen molar-refractivity contribution in [2.24, 2.45) is 0 Å². The number of carbonyl (C=O) groups excluding carboxylic acids is 1. The van der Waals surface area contributed by atoms with Gasteiger partial charge >= 0.3 is 0 Å². The van der Waals surface area contributed by atoms with Crippen LogP contribution >= 0.6 is 0 Å². The summed E-state index contributed by atoms with van der Waals surface area (Å²) >= 11 is 0. The number of fused-ring (bicyclic) bond motifs is 1. The van der Waals surface area contributed by atoms with Crippen LogP contribution in [-0.4, -0.2) is 20.4 Å². The quantitative estimate of drug-likeness (QED) is 0.522. The molecule has 2 N–H and O–H groups in total. The Kier molecular flexibility index (Phi) is 5.37. The number of nitriles is 1. The Morgan fingerprint density at radius 3 is 2.65 bits per heavy atom. The van der Waals surface area contributed by atoms with Crippen LogP contribution in [-0.2, 0) is 11.2 Å². The van der Waals surface area contributed by atoms with Crippen LogP contribution in [0.2, 0.25) is 0 Å². The van der Waals surface area contributed by atoms with E-state index in [0.29, 0.717) is 23.4 Å². The van der Waals surface area contributed by atoms with Gasteiger partial charge in [-0.3, -0.25) is 14.2 Å². The standard InChI is InChI=1S/C24H21N5O2/c1-15-19(16(2)27-24(31)20(15)13-25)11-12-23(30)28-17-7-9-18(10-8-17)29-14-26-21-5-3-4-6-22(21)29/h3-10,14H,11-12H2,1-2H3,(H,27,31)(H,28,30). The first-order chi connectivity index (χ1) is 15.0. The van der Waals surface area contributed by atoms with E-state index < -0.39 is 5.56 Å². The molecule has 0 aliphatic rings. The topological polar surface area (TPSA) is 104 Å². The number of amides is 1. The molecule has 0 aliphatic heterocycles. The number of benzene rings is 2. The van der Waals surface area contributed by atoms with Gasteiger partial charge in [0.2, 0.25) is 5.91 Å². The summed E-state index contributed by atoms with van der Waals surface area (Å²) in [5.41, 5.74) is 5.45. The summed E-state index contributed by atoms with van der Waals surface area (Å²) in [6.07, 6.45) is 2.46. The molecular formula is C24H21N5O2. The third-order valence-corrected chi connectivity index (χ3v) is 5.41. The number of hydrogen-bond acceptors (Lipinski definition) is 4. The Labute approximate surface area is 179 Å². The minimum atomic E-state index is -0.392. The highest BCUT2D eigenvalue weighted by molar-refractivity contribution is 5.91. The van der Waals surface area contributed by atoms with E-state index in [1.165, 1.54) is 0 Å². The second kappa shape index (κ2) is 8.28. The average Bonchev–Trinajstić information content (AvgIpc) is 3.18. The summed E-state index contributed by atoms with van der Waals surface area (Å²) in [4.78, 5) is 31.4. The highest BCUT2D eigenvalue weighted by atomic mass is 16.1. The molecule has 0 saturated carbocycles. The first-order valence-corrected chi connectivity index (χ1v) is 9.92. The van der Waals surface area contributed by atoms with E-state index in [2.05, 4.69) is 15.3 Å². The van der Waals surface area contributed by atoms with Crippen LogP contribution in [0.1, 0.15) is 28.8 Å². The van der Waals surface area contributed by atoms with Gasteiger partial charge in [-0.25, -0.2) is 4.98 Å². The molecule has 0 unspecified atom stereocenters. The van der Waals surface area contributed by atoms with Crippen LogP contribution in [0.5, 0.6) is 0 Å². The smallest absolute Gasteiger partial charge is 0.266 e. The Hall–Kier alpha value is -4.18. The summed E-state index contributed by atoms with van der Waals surface area (Å²) in [6.45, 7) is 3.52. The lowest BCUT2D eigenvalue weighted by atomic mass is 9.99. The van der Waals surface area contributed by atoms with Crippen molar-refractivity contribution in [2.75, 3.05) is 5.32 Å². The lowest BCUT2D eigenvalue weighted by Gasteiger charge is -2.11. The lowest BCUT2D eigenvalue weighted by Crippen LogP contribution is -2.18. The van der Waals surface area contributed by atoms with Gasteiger partial charge in [-0.15, -0.1) is 0 Å². The van der Waals surface area contributed by atoms with Crippen molar-refractivity contribution < 1.29 is 4.79 Å². The third-order valence-electron chi connectivity index (χ3n) is 5.41. The molecule has 4 rings (SSSR count). The summed E-state index contributed by atoms with van der Waals surface area (Å²) in [5, 5.41) is 12.1. The number of para-hydroxylation sites is 2. The fourth-order valence-electron chi connectivity index (χ4n) is 3.75. The average molecular weight is 411 g/mol. The zero-order valence-corrected chi connectivity index (χ0v) is 17.3. The maximum atomic E-state index is 12.5. The SMILES string of the molecule is Cc1[nH]c(=O)c(C#N)c(C)c1CCC(=O)Nc1ccc(-n2cnc3ccccc32)cc1. The molecule has 7 nitrogen and oxygen atoms in total. The van der Waals surface area contributed by atoms with Gasteiger partial charge in [0.05, 0.1) is 11.0 Å². The number of imidazole rings is 1. The predicted octanol–water partition coefficient (Wildman–Crippen LogP) is 3.77. The van der Waals surface area contributed by atoms with Crippen LogP contribution < -0.4 is 10.9 Å². The number of aromatic nitrogens is 3. The molecule has 0 radical (unpaired) electrons. The van der Waals surface area contributed by atoms with Crippen LogP contribution in [0, 0.1) is 25.2 Å². The van der Waals surface area contributed by atoms with Crippen LogP contribution in [0.25, 0.3) is 16.7 Å². The number of pyridine rings is 1. The van der Waals surface area contributed by atoms with Crippen molar-refractivity contribution in [1.82, 2.24) is 14.5 Å². The fraction of sp³-hybridized carbons (Fsp3) is 0.167. The predicted molar refractivity (Wildman–Crippen MR) is 119 cm³/mol. The number of H-pyrrole nitrogens is 1. The van der Waals surface area contributed by atoms with Gasteiger partial charge in [-0.2, -0.15) is 5.26 Å². The highest BCUT2D eigenvalue weighted by Crippen LogP contribution is 2.20. The molecule has 7 heteroatoms. The minimum Gasteiger partial charge on any atom is -0.326 e. The first kappa shape index (κ1) is 20.1. The number of nitrogens with one attached hydrogen (secondary N) is 2. The normalized spacial score (nSPS) is 10.7. The van der Waals surface area contributed by atoms with E-state index in [-0.39, 0.29) is 17.9 Å². The summed E-state index contributed by atoms with van der Waals surface area (Å²) in [6, 6.07) is 17.4. The van der Waals surface area contributed by atoms with Crippen LogP contribution in [0.15, 0.2) is 59.7 Å². The number of rotatable bonds is 5. The van der Waals surface area contributed by atoms with Gasteiger partial charge in [-0.1, -0.05) is 12.1 Å². The van der Waals surface area contributed by atoms with Gasteiger partial charge in [0.1, 0.15) is 18.0 Å². The molecule has 154 valence electrons. The molecule has 2 aromatic heterocycles. The number of aryl methyl sites for hydroxylation is 1. The van der Waals surface area contributed by atoms with Crippen molar-refractivity contribution in [1.29, 1.82) is 5.26 Å². The molecule has 0 spiro atoms. The molecule has 0 saturated heterocycles. The summed E-state index contributed by atoms with van der Waals surface area (Å²) in [5.74, 6) is -0.135. The monoisotopic (exact) mass is 411 g/mol. The maximum Gasteiger partial charge on any atom is 0.266 e. The van der Waals surface area contributed by atoms with Gasteiger partial charge in [0, 0.05) is 23.5 Å².